The number of hydrogen-bond donors (Lipinski definition) is 3. The summed E-state index contributed by atoms with van der Waals surface area (Å²) >= 11 is 7.20. The molecule has 0 spiro atoms. The first kappa shape index (κ1) is 16.1. The van der Waals surface area contributed by atoms with Gasteiger partial charge in [-0.1, -0.05) is 11.6 Å². The highest BCUT2D eigenvalue weighted by Gasteiger charge is 2.50. The van der Waals surface area contributed by atoms with E-state index in [1.165, 1.54) is 11.8 Å². The van der Waals surface area contributed by atoms with Crippen molar-refractivity contribution >= 4 is 46.8 Å². The molecule has 0 bridgehead atoms. The zero-order valence-corrected chi connectivity index (χ0v) is 13.7. The van der Waals surface area contributed by atoms with Gasteiger partial charge in [-0.25, -0.2) is 0 Å². The van der Waals surface area contributed by atoms with Crippen molar-refractivity contribution in [3.8, 4) is 0 Å². The number of amides is 2. The van der Waals surface area contributed by atoms with Crippen LogP contribution in [0.15, 0.2) is 23.1 Å². The Hall–Kier alpha value is -1.73. The number of thioether (sulfide) groups is 1. The zero-order chi connectivity index (χ0) is 16.6. The average molecular weight is 355 g/mol. The van der Waals surface area contributed by atoms with Gasteiger partial charge in [-0.2, -0.15) is 0 Å². The second-order valence-corrected chi connectivity index (χ2v) is 7.48. The monoisotopic (exact) mass is 354 g/mol. The molecule has 1 saturated carbocycles. The summed E-state index contributed by atoms with van der Waals surface area (Å²) in [5, 5.41) is 14.4. The lowest BCUT2D eigenvalue weighted by Gasteiger charge is -2.24. The number of benzene rings is 1. The van der Waals surface area contributed by atoms with Gasteiger partial charge in [0.05, 0.1) is 16.4 Å². The SMILES string of the molecule is O=C(CC1Sc2ccc(Cl)cc2NC1=O)NCC1(C(=O)O)CC1. The fraction of sp³-hybridized carbons (Fsp3) is 0.400. The number of carboxylic acids is 1. The quantitative estimate of drug-likeness (QED) is 0.752. The molecule has 1 atom stereocenters. The molecule has 6 nitrogen and oxygen atoms in total. The Balaban J connectivity index is 1.58. The standard InChI is InChI=1S/C15H15ClN2O4S/c16-8-1-2-10-9(5-8)18-13(20)11(23-10)6-12(19)17-7-15(3-4-15)14(21)22/h1-2,5,11H,3-4,6-7H2,(H,17,19)(H,18,20)(H,21,22). The van der Waals surface area contributed by atoms with Crippen molar-refractivity contribution < 1.29 is 19.5 Å². The number of carbonyl (C=O) groups is 3. The lowest BCUT2D eigenvalue weighted by Crippen LogP contribution is -2.38. The van der Waals surface area contributed by atoms with Crippen LogP contribution in [0.1, 0.15) is 19.3 Å². The second-order valence-electron chi connectivity index (χ2n) is 5.80. The van der Waals surface area contributed by atoms with Crippen LogP contribution < -0.4 is 10.6 Å². The largest absolute Gasteiger partial charge is 0.481 e. The van der Waals surface area contributed by atoms with E-state index in [2.05, 4.69) is 10.6 Å². The summed E-state index contributed by atoms with van der Waals surface area (Å²) in [6, 6.07) is 5.20. The summed E-state index contributed by atoms with van der Waals surface area (Å²) in [5.41, 5.74) is -0.159. The minimum Gasteiger partial charge on any atom is -0.481 e. The molecule has 23 heavy (non-hydrogen) atoms. The number of halogens is 1. The summed E-state index contributed by atoms with van der Waals surface area (Å²) in [6.45, 7) is 0.117. The lowest BCUT2D eigenvalue weighted by atomic mass is 10.1. The Labute approximate surface area is 142 Å². The fourth-order valence-electron chi connectivity index (χ4n) is 2.38. The van der Waals surface area contributed by atoms with E-state index in [0.29, 0.717) is 23.6 Å². The van der Waals surface area contributed by atoms with Gasteiger partial charge >= 0.3 is 5.97 Å². The molecular formula is C15H15ClN2O4S. The minimum absolute atomic E-state index is 0.00820. The predicted octanol–water partition coefficient (Wildman–Crippen LogP) is 2.12. The maximum atomic E-state index is 12.1. The van der Waals surface area contributed by atoms with E-state index in [0.717, 1.165) is 4.90 Å². The van der Waals surface area contributed by atoms with Gasteiger partial charge in [-0.15, -0.1) is 11.8 Å². The number of hydrogen-bond acceptors (Lipinski definition) is 4. The van der Waals surface area contributed by atoms with E-state index in [-0.39, 0.29) is 24.8 Å². The van der Waals surface area contributed by atoms with Gasteiger partial charge in [0.1, 0.15) is 0 Å². The summed E-state index contributed by atoms with van der Waals surface area (Å²) in [6.07, 6.45) is 1.17. The topological polar surface area (TPSA) is 95.5 Å². The van der Waals surface area contributed by atoms with Gasteiger partial charge in [-0.05, 0) is 31.0 Å². The number of fused-ring (bicyclic) bond motifs is 1. The van der Waals surface area contributed by atoms with Crippen LogP contribution in [0.5, 0.6) is 0 Å². The zero-order valence-electron chi connectivity index (χ0n) is 12.1. The third kappa shape index (κ3) is 3.45. The van der Waals surface area contributed by atoms with E-state index < -0.39 is 16.6 Å². The van der Waals surface area contributed by atoms with Gasteiger partial charge in [-0.3, -0.25) is 14.4 Å². The van der Waals surface area contributed by atoms with Gasteiger partial charge in [0.2, 0.25) is 11.8 Å². The molecule has 3 N–H and O–H groups in total. The highest BCUT2D eigenvalue weighted by atomic mass is 35.5. The molecule has 0 saturated heterocycles. The fourth-order valence-corrected chi connectivity index (χ4v) is 3.65. The van der Waals surface area contributed by atoms with E-state index in [1.54, 1.807) is 18.2 Å². The molecule has 1 fully saturated rings. The van der Waals surface area contributed by atoms with Gasteiger partial charge in [0.15, 0.2) is 0 Å². The van der Waals surface area contributed by atoms with Crippen molar-refractivity contribution in [2.24, 2.45) is 5.41 Å². The van der Waals surface area contributed by atoms with Crippen LogP contribution in [0, 0.1) is 5.41 Å². The highest BCUT2D eigenvalue weighted by molar-refractivity contribution is 8.01. The molecular weight excluding hydrogens is 340 g/mol. The third-order valence-electron chi connectivity index (χ3n) is 4.06. The molecule has 0 radical (unpaired) electrons. The Kier molecular flexibility index (Phi) is 4.25. The number of carboxylic acid groups (broad SMARTS) is 1. The van der Waals surface area contributed by atoms with Crippen molar-refractivity contribution in [2.45, 2.75) is 29.4 Å². The summed E-state index contributed by atoms with van der Waals surface area (Å²) in [5.74, 6) is -1.45. The van der Waals surface area contributed by atoms with E-state index in [9.17, 15) is 14.4 Å². The van der Waals surface area contributed by atoms with Crippen LogP contribution in [0.25, 0.3) is 0 Å². The molecule has 122 valence electrons. The Morgan fingerprint density at radius 1 is 1.43 bits per heavy atom. The first-order chi connectivity index (χ1) is 10.9. The van der Waals surface area contributed by atoms with Crippen molar-refractivity contribution in [3.63, 3.8) is 0 Å². The highest BCUT2D eigenvalue weighted by Crippen LogP contribution is 2.45. The van der Waals surface area contributed by atoms with Crippen LogP contribution >= 0.6 is 23.4 Å². The van der Waals surface area contributed by atoms with Crippen molar-refractivity contribution in [3.05, 3.63) is 23.2 Å². The van der Waals surface area contributed by atoms with Gasteiger partial charge in [0, 0.05) is 22.9 Å². The Morgan fingerprint density at radius 3 is 2.83 bits per heavy atom. The third-order valence-corrected chi connectivity index (χ3v) is 5.57. The lowest BCUT2D eigenvalue weighted by molar-refractivity contribution is -0.143. The van der Waals surface area contributed by atoms with Crippen LogP contribution in [-0.4, -0.2) is 34.7 Å². The van der Waals surface area contributed by atoms with Crippen LogP contribution in [-0.2, 0) is 14.4 Å². The minimum atomic E-state index is -0.881. The Bertz CT molecular complexity index is 690. The summed E-state index contributed by atoms with van der Waals surface area (Å²) < 4.78 is 0. The maximum Gasteiger partial charge on any atom is 0.311 e. The maximum absolute atomic E-state index is 12.1. The molecule has 1 aromatic rings. The molecule has 1 unspecified atom stereocenters. The molecule has 1 aromatic carbocycles. The number of rotatable bonds is 5. The van der Waals surface area contributed by atoms with Crippen molar-refractivity contribution in [2.75, 3.05) is 11.9 Å². The molecule has 8 heteroatoms. The average Bonchev–Trinajstić information content (AvgIpc) is 3.27. The molecule has 1 aliphatic carbocycles. The number of carbonyl (C=O) groups excluding carboxylic acids is 2. The van der Waals surface area contributed by atoms with Crippen LogP contribution in [0.4, 0.5) is 5.69 Å². The van der Waals surface area contributed by atoms with Crippen LogP contribution in [0.2, 0.25) is 5.02 Å². The molecule has 3 rings (SSSR count). The smallest absolute Gasteiger partial charge is 0.311 e. The van der Waals surface area contributed by atoms with Gasteiger partial charge < -0.3 is 15.7 Å². The molecule has 2 aliphatic rings. The van der Waals surface area contributed by atoms with Gasteiger partial charge in [0.25, 0.3) is 0 Å². The number of aliphatic carboxylic acids is 1. The normalized spacial score (nSPS) is 21.1. The first-order valence-electron chi connectivity index (χ1n) is 7.17. The molecule has 2 amide bonds. The Morgan fingerprint density at radius 2 is 2.17 bits per heavy atom. The van der Waals surface area contributed by atoms with Crippen molar-refractivity contribution in [1.82, 2.24) is 5.32 Å². The summed E-state index contributed by atoms with van der Waals surface area (Å²) in [4.78, 5) is 36.0. The molecule has 1 heterocycles. The second kappa shape index (κ2) is 6.05. The van der Waals surface area contributed by atoms with E-state index in [4.69, 9.17) is 16.7 Å². The molecule has 1 aliphatic heterocycles. The van der Waals surface area contributed by atoms with E-state index >= 15 is 0 Å². The van der Waals surface area contributed by atoms with Crippen molar-refractivity contribution in [1.29, 1.82) is 0 Å². The number of anilines is 1. The molecule has 0 aromatic heterocycles. The predicted molar refractivity (Wildman–Crippen MR) is 86.7 cm³/mol. The number of nitrogens with one attached hydrogen (secondary N) is 2. The van der Waals surface area contributed by atoms with Crippen LogP contribution in [0.3, 0.4) is 0 Å². The summed E-state index contributed by atoms with van der Waals surface area (Å²) in [7, 11) is 0. The van der Waals surface area contributed by atoms with E-state index in [1.807, 2.05) is 0 Å². The first-order valence-corrected chi connectivity index (χ1v) is 8.43.